The van der Waals surface area contributed by atoms with E-state index in [-0.39, 0.29) is 19.3 Å². The van der Waals surface area contributed by atoms with Gasteiger partial charge in [0.1, 0.15) is 30.5 Å². The molecule has 1 unspecified atom stereocenters. The fourth-order valence-corrected chi connectivity index (χ4v) is 7.46. The Morgan fingerprint density at radius 2 is 1.41 bits per heavy atom. The van der Waals surface area contributed by atoms with Crippen LogP contribution in [0.5, 0.6) is 0 Å². The molecule has 1 saturated heterocycles. The lowest BCUT2D eigenvalue weighted by atomic mass is 9.52. The lowest BCUT2D eigenvalue weighted by Gasteiger charge is -2.59. The van der Waals surface area contributed by atoms with E-state index in [9.17, 15) is 39.0 Å². The number of fused-ring (bicyclic) bond motifs is 2. The van der Waals surface area contributed by atoms with Gasteiger partial charge in [-0.1, -0.05) is 26.3 Å². The van der Waals surface area contributed by atoms with Crippen LogP contribution in [0.15, 0.2) is 11.6 Å². The molecule has 0 radical (unpaired) electrons. The molecule has 0 aromatic carbocycles. The Morgan fingerprint density at radius 3 is 1.93 bits per heavy atom. The van der Waals surface area contributed by atoms with Gasteiger partial charge < -0.3 is 38.6 Å². The molecular weight excluding hydrogens is 608 g/mol. The molecule has 2 fully saturated rings. The quantitative estimate of drug-likeness (QED) is 0.229. The number of ether oxygens (including phenoxy) is 6. The van der Waals surface area contributed by atoms with Gasteiger partial charge in [-0.2, -0.15) is 0 Å². The highest BCUT2D eigenvalue weighted by Gasteiger charge is 2.75. The molecule has 0 aromatic heterocycles. The molecule has 0 amide bonds. The molecule has 11 atom stereocenters. The molecule has 1 saturated carbocycles. The first-order valence-corrected chi connectivity index (χ1v) is 15.4. The van der Waals surface area contributed by atoms with Gasteiger partial charge in [-0.05, 0) is 26.3 Å². The Bertz CT molecular complexity index is 1270. The van der Waals surface area contributed by atoms with Gasteiger partial charge in [0, 0.05) is 58.8 Å². The Balaban J connectivity index is 2.53. The minimum absolute atomic E-state index is 0.0312. The summed E-state index contributed by atoms with van der Waals surface area (Å²) in [5, 5.41) is 24.2. The molecule has 1 heterocycles. The van der Waals surface area contributed by atoms with Gasteiger partial charge in [0.25, 0.3) is 0 Å². The molecular formula is C32H46O14. The number of carbonyl (C=O) groups is 6. The van der Waals surface area contributed by atoms with E-state index in [1.165, 1.54) is 13.0 Å². The Labute approximate surface area is 268 Å². The highest BCUT2D eigenvalue weighted by atomic mass is 16.6. The van der Waals surface area contributed by atoms with Crippen LogP contribution in [0.3, 0.4) is 0 Å². The zero-order valence-corrected chi connectivity index (χ0v) is 27.8. The third-order valence-corrected chi connectivity index (χ3v) is 9.47. The van der Waals surface area contributed by atoms with E-state index in [0.29, 0.717) is 12.0 Å². The van der Waals surface area contributed by atoms with Crippen LogP contribution in [0.4, 0.5) is 0 Å². The second-order valence-corrected chi connectivity index (χ2v) is 13.0. The van der Waals surface area contributed by atoms with Crippen LogP contribution in [-0.4, -0.2) is 93.9 Å². The zero-order valence-electron chi connectivity index (χ0n) is 27.8. The summed E-state index contributed by atoms with van der Waals surface area (Å²) >= 11 is 0. The topological polar surface area (TPSA) is 198 Å². The van der Waals surface area contributed by atoms with Gasteiger partial charge in [0.15, 0.2) is 17.3 Å². The Hall–Kier alpha value is -3.52. The average Bonchev–Trinajstić information content (AvgIpc) is 3.07. The van der Waals surface area contributed by atoms with Crippen molar-refractivity contribution in [3.63, 3.8) is 0 Å². The first-order valence-electron chi connectivity index (χ1n) is 15.4. The molecule has 2 aliphatic carbocycles. The summed E-state index contributed by atoms with van der Waals surface area (Å²) in [5.74, 6) is -7.19. The van der Waals surface area contributed by atoms with E-state index in [4.69, 9.17) is 28.4 Å². The Morgan fingerprint density at radius 1 is 0.870 bits per heavy atom. The van der Waals surface area contributed by atoms with Gasteiger partial charge in [-0.15, -0.1) is 0 Å². The van der Waals surface area contributed by atoms with E-state index < -0.39 is 101 Å². The zero-order chi connectivity index (χ0) is 34.9. The van der Waals surface area contributed by atoms with Gasteiger partial charge in [0.05, 0.1) is 5.41 Å². The monoisotopic (exact) mass is 654 g/mol. The normalized spacial score (nSPS) is 40.1. The van der Waals surface area contributed by atoms with Crippen LogP contribution in [0.1, 0.15) is 88.0 Å². The maximum Gasteiger partial charge on any atom is 0.341 e. The third kappa shape index (κ3) is 6.78. The second kappa shape index (κ2) is 13.7. The maximum absolute atomic E-state index is 13.2. The van der Waals surface area contributed by atoms with Crippen LogP contribution in [0, 0.1) is 17.3 Å². The Kier molecular flexibility index (Phi) is 11.0. The minimum atomic E-state index is -2.68. The number of rotatable bonds is 7. The van der Waals surface area contributed by atoms with Crippen molar-refractivity contribution in [2.45, 2.75) is 136 Å². The van der Waals surface area contributed by atoms with E-state index in [0.717, 1.165) is 27.7 Å². The van der Waals surface area contributed by atoms with Gasteiger partial charge >= 0.3 is 35.8 Å². The molecule has 14 nitrogen and oxygen atoms in total. The van der Waals surface area contributed by atoms with Crippen molar-refractivity contribution >= 4 is 35.8 Å². The minimum Gasteiger partial charge on any atom is -0.462 e. The molecule has 3 aliphatic rings. The van der Waals surface area contributed by atoms with E-state index in [1.807, 2.05) is 0 Å². The number of carbonyl (C=O) groups excluding carboxylic acids is 6. The SMILES string of the molecule is CCCC(=O)O[C@H]1C/C(C)=C\[C@@H]2OC(=O)[C@](C)(O)[C@@]2(O)C(OC(C)=O)[C@H]2[C@@H](C)[C@@H](OC(C)=O)C[C@H](OC(C)=O)[C@]2(C)[C@H]1OC(C)=O. The summed E-state index contributed by atoms with van der Waals surface area (Å²) in [5.41, 5.74) is -6.65. The van der Waals surface area contributed by atoms with Crippen molar-refractivity contribution in [1.82, 2.24) is 0 Å². The largest absolute Gasteiger partial charge is 0.462 e. The van der Waals surface area contributed by atoms with Crippen LogP contribution < -0.4 is 0 Å². The third-order valence-electron chi connectivity index (χ3n) is 9.47. The van der Waals surface area contributed by atoms with Gasteiger partial charge in [-0.25, -0.2) is 4.79 Å². The number of esters is 6. The van der Waals surface area contributed by atoms with Gasteiger partial charge in [-0.3, -0.25) is 24.0 Å². The van der Waals surface area contributed by atoms with Crippen LogP contribution in [-0.2, 0) is 57.2 Å². The highest BCUT2D eigenvalue weighted by Crippen LogP contribution is 2.58. The smallest absolute Gasteiger partial charge is 0.341 e. The lowest BCUT2D eigenvalue weighted by molar-refractivity contribution is -0.273. The van der Waals surface area contributed by atoms with Crippen molar-refractivity contribution in [3.8, 4) is 0 Å². The first-order chi connectivity index (χ1) is 21.2. The van der Waals surface area contributed by atoms with Crippen molar-refractivity contribution in [1.29, 1.82) is 0 Å². The summed E-state index contributed by atoms with van der Waals surface area (Å²) in [6.07, 6.45) is -6.78. The average molecular weight is 655 g/mol. The van der Waals surface area contributed by atoms with Crippen molar-refractivity contribution in [2.24, 2.45) is 17.3 Å². The fourth-order valence-electron chi connectivity index (χ4n) is 7.46. The lowest BCUT2D eigenvalue weighted by Crippen LogP contribution is -2.73. The summed E-state index contributed by atoms with van der Waals surface area (Å²) < 4.78 is 34.7. The highest BCUT2D eigenvalue weighted by molar-refractivity contribution is 5.84. The van der Waals surface area contributed by atoms with Gasteiger partial charge in [0.2, 0.25) is 0 Å². The van der Waals surface area contributed by atoms with E-state index >= 15 is 0 Å². The van der Waals surface area contributed by atoms with Crippen molar-refractivity contribution in [2.75, 3.05) is 0 Å². The maximum atomic E-state index is 13.2. The second-order valence-electron chi connectivity index (χ2n) is 13.0. The van der Waals surface area contributed by atoms with Crippen LogP contribution in [0.2, 0.25) is 0 Å². The predicted octanol–water partition coefficient (Wildman–Crippen LogP) is 1.84. The summed E-state index contributed by atoms with van der Waals surface area (Å²) in [6, 6.07) is 0. The molecule has 14 heteroatoms. The molecule has 258 valence electrons. The molecule has 1 aliphatic heterocycles. The van der Waals surface area contributed by atoms with Crippen molar-refractivity contribution < 1.29 is 67.4 Å². The molecule has 0 aromatic rings. The molecule has 3 rings (SSSR count). The van der Waals surface area contributed by atoms with Crippen LogP contribution in [0.25, 0.3) is 0 Å². The molecule has 0 bridgehead atoms. The summed E-state index contributed by atoms with van der Waals surface area (Å²) in [6.45, 7) is 12.1. The molecule has 2 N–H and O–H groups in total. The first kappa shape index (κ1) is 36.9. The number of hydrogen-bond acceptors (Lipinski definition) is 14. The molecule has 0 spiro atoms. The van der Waals surface area contributed by atoms with E-state index in [2.05, 4.69) is 0 Å². The fraction of sp³-hybridized carbons (Fsp3) is 0.750. The number of hydrogen-bond donors (Lipinski definition) is 2. The number of aliphatic hydroxyl groups is 2. The standard InChI is InChI=1S/C32H46O14/c1-10-11-25(37)45-22-12-15(2)13-24-32(40,31(9,39)29(38)46-24)28(44-20(7)36)26-16(3)21(41-17(4)33)14-23(42-18(5)34)30(26,8)27(22)43-19(6)35/h13,16,21-24,26-28,39-40H,10-12,14H2,1-9H3/b15-13-/t16-,21-,22-,23-,24-,26+,27-,28?,30-,31-,32-/m0/s1. The van der Waals surface area contributed by atoms with E-state index in [1.54, 1.807) is 27.7 Å². The summed E-state index contributed by atoms with van der Waals surface area (Å²) in [7, 11) is 0. The molecule has 46 heavy (non-hydrogen) atoms. The van der Waals surface area contributed by atoms with Crippen LogP contribution >= 0.6 is 0 Å². The van der Waals surface area contributed by atoms with Crippen molar-refractivity contribution in [3.05, 3.63) is 11.6 Å². The predicted molar refractivity (Wildman–Crippen MR) is 156 cm³/mol. The summed E-state index contributed by atoms with van der Waals surface area (Å²) in [4.78, 5) is 76.7.